The van der Waals surface area contributed by atoms with E-state index in [4.69, 9.17) is 11.6 Å². The highest BCUT2D eigenvalue weighted by molar-refractivity contribution is 6.30. The van der Waals surface area contributed by atoms with E-state index in [0.29, 0.717) is 11.4 Å². The molecule has 0 spiro atoms. The van der Waals surface area contributed by atoms with Gasteiger partial charge in [0.15, 0.2) is 0 Å². The van der Waals surface area contributed by atoms with Crippen molar-refractivity contribution in [3.63, 3.8) is 0 Å². The maximum atomic E-state index is 12.4. The Kier molecular flexibility index (Phi) is 4.91. The molecule has 24 heavy (non-hydrogen) atoms. The number of nitrogens with one attached hydrogen (secondary N) is 2. The first-order valence-corrected chi connectivity index (χ1v) is 8.53. The van der Waals surface area contributed by atoms with Crippen LogP contribution in [0, 0.1) is 0 Å². The van der Waals surface area contributed by atoms with Gasteiger partial charge in [-0.25, -0.2) is 0 Å². The highest BCUT2D eigenvalue weighted by atomic mass is 35.5. The average molecular weight is 341 g/mol. The fourth-order valence-corrected chi connectivity index (χ4v) is 3.28. The van der Waals surface area contributed by atoms with Crippen molar-refractivity contribution < 1.29 is 4.79 Å². The Bertz CT molecular complexity index is 853. The van der Waals surface area contributed by atoms with Crippen molar-refractivity contribution in [3.05, 3.63) is 70.9 Å². The summed E-state index contributed by atoms with van der Waals surface area (Å²) in [6.45, 7) is 3.94. The number of hydrogen-bond donors (Lipinski definition) is 2. The highest BCUT2D eigenvalue weighted by Gasteiger charge is 2.21. The van der Waals surface area contributed by atoms with Gasteiger partial charge in [-0.2, -0.15) is 0 Å². The van der Waals surface area contributed by atoms with E-state index >= 15 is 0 Å². The summed E-state index contributed by atoms with van der Waals surface area (Å²) in [7, 11) is 0. The van der Waals surface area contributed by atoms with Crippen molar-refractivity contribution in [1.29, 1.82) is 0 Å². The predicted octanol–water partition coefficient (Wildman–Crippen LogP) is 4.87. The molecule has 0 bridgehead atoms. The summed E-state index contributed by atoms with van der Waals surface area (Å²) >= 11 is 6.18. The molecule has 1 unspecified atom stereocenters. The van der Waals surface area contributed by atoms with Crippen LogP contribution in [0.3, 0.4) is 0 Å². The smallest absolute Gasteiger partial charge is 0.221 e. The molecule has 1 atom stereocenters. The Labute approximate surface area is 147 Å². The predicted molar refractivity (Wildman–Crippen MR) is 99.5 cm³/mol. The van der Waals surface area contributed by atoms with Crippen molar-refractivity contribution in [2.24, 2.45) is 0 Å². The Morgan fingerprint density at radius 3 is 2.71 bits per heavy atom. The van der Waals surface area contributed by atoms with Crippen LogP contribution in [0.1, 0.15) is 37.3 Å². The molecule has 0 aliphatic rings. The molecule has 2 N–H and O–H groups in total. The zero-order chi connectivity index (χ0) is 17.1. The van der Waals surface area contributed by atoms with Crippen molar-refractivity contribution in [2.45, 2.75) is 32.2 Å². The molecule has 1 aromatic heterocycles. The fraction of sp³-hybridized carbons (Fsp3) is 0.250. The number of benzene rings is 2. The SMILES string of the molecule is CC(C)NC(=O)CC(c1cccc(Cl)c1)c1c[nH]c2ccccc12. The monoisotopic (exact) mass is 340 g/mol. The molecule has 0 saturated heterocycles. The normalized spacial score (nSPS) is 12.5. The molecular weight excluding hydrogens is 320 g/mol. The molecule has 0 radical (unpaired) electrons. The van der Waals surface area contributed by atoms with Crippen molar-refractivity contribution >= 4 is 28.4 Å². The van der Waals surface area contributed by atoms with E-state index in [1.807, 2.05) is 62.5 Å². The molecule has 0 fully saturated rings. The van der Waals surface area contributed by atoms with Gasteiger partial charge in [-0.1, -0.05) is 41.9 Å². The summed E-state index contributed by atoms with van der Waals surface area (Å²) in [4.78, 5) is 15.7. The van der Waals surface area contributed by atoms with E-state index in [2.05, 4.69) is 16.4 Å². The van der Waals surface area contributed by atoms with Gasteiger partial charge in [0.25, 0.3) is 0 Å². The van der Waals surface area contributed by atoms with Gasteiger partial charge >= 0.3 is 0 Å². The van der Waals surface area contributed by atoms with E-state index in [-0.39, 0.29) is 17.9 Å². The quantitative estimate of drug-likeness (QED) is 0.684. The van der Waals surface area contributed by atoms with Gasteiger partial charge in [-0.05, 0) is 43.2 Å². The minimum absolute atomic E-state index is 0.0419. The van der Waals surface area contributed by atoms with Gasteiger partial charge < -0.3 is 10.3 Å². The van der Waals surface area contributed by atoms with E-state index in [1.165, 1.54) is 0 Å². The van der Waals surface area contributed by atoms with Crippen LogP contribution < -0.4 is 5.32 Å². The van der Waals surface area contributed by atoms with E-state index < -0.39 is 0 Å². The van der Waals surface area contributed by atoms with Gasteiger partial charge in [0.2, 0.25) is 5.91 Å². The lowest BCUT2D eigenvalue weighted by molar-refractivity contribution is -0.121. The molecule has 2 aromatic carbocycles. The summed E-state index contributed by atoms with van der Waals surface area (Å²) in [5.74, 6) is -0.00106. The van der Waals surface area contributed by atoms with Gasteiger partial charge in [-0.15, -0.1) is 0 Å². The lowest BCUT2D eigenvalue weighted by atomic mass is 9.88. The Morgan fingerprint density at radius 1 is 1.17 bits per heavy atom. The second-order valence-electron chi connectivity index (χ2n) is 6.32. The number of aromatic nitrogens is 1. The molecule has 0 saturated carbocycles. The lowest BCUT2D eigenvalue weighted by Gasteiger charge is -2.18. The van der Waals surface area contributed by atoms with Crippen molar-refractivity contribution in [3.8, 4) is 0 Å². The van der Waals surface area contributed by atoms with Crippen LogP contribution in [-0.2, 0) is 4.79 Å². The second kappa shape index (κ2) is 7.10. The van der Waals surface area contributed by atoms with Crippen LogP contribution >= 0.6 is 11.6 Å². The summed E-state index contributed by atoms with van der Waals surface area (Å²) < 4.78 is 0. The van der Waals surface area contributed by atoms with Gasteiger partial charge in [0.05, 0.1) is 0 Å². The first-order chi connectivity index (χ1) is 11.5. The lowest BCUT2D eigenvalue weighted by Crippen LogP contribution is -2.31. The zero-order valence-corrected chi connectivity index (χ0v) is 14.6. The van der Waals surface area contributed by atoms with E-state index in [9.17, 15) is 4.79 Å². The number of aromatic amines is 1. The molecular formula is C20H21ClN2O. The Hall–Kier alpha value is -2.26. The molecule has 0 aliphatic carbocycles. The summed E-state index contributed by atoms with van der Waals surface area (Å²) in [6.07, 6.45) is 2.39. The van der Waals surface area contributed by atoms with Crippen LogP contribution in [0.15, 0.2) is 54.7 Å². The first kappa shape index (κ1) is 16.6. The maximum absolute atomic E-state index is 12.4. The molecule has 3 aromatic rings. The molecule has 124 valence electrons. The number of carbonyl (C=O) groups excluding carboxylic acids is 1. The minimum atomic E-state index is -0.0430. The average Bonchev–Trinajstić information content (AvgIpc) is 2.96. The summed E-state index contributed by atoms with van der Waals surface area (Å²) in [5, 5.41) is 4.81. The number of amides is 1. The van der Waals surface area contributed by atoms with Gasteiger partial charge in [-0.3, -0.25) is 4.79 Å². The largest absolute Gasteiger partial charge is 0.361 e. The summed E-state index contributed by atoms with van der Waals surface area (Å²) in [5.41, 5.74) is 3.24. The Morgan fingerprint density at radius 2 is 1.96 bits per heavy atom. The number of halogens is 1. The number of H-pyrrole nitrogens is 1. The van der Waals surface area contributed by atoms with E-state index in [0.717, 1.165) is 22.0 Å². The van der Waals surface area contributed by atoms with Crippen LogP contribution in [0.4, 0.5) is 0 Å². The molecule has 1 amide bonds. The number of para-hydroxylation sites is 1. The van der Waals surface area contributed by atoms with Gasteiger partial charge in [0.1, 0.15) is 0 Å². The molecule has 3 nitrogen and oxygen atoms in total. The molecule has 1 heterocycles. The maximum Gasteiger partial charge on any atom is 0.221 e. The first-order valence-electron chi connectivity index (χ1n) is 8.15. The second-order valence-corrected chi connectivity index (χ2v) is 6.76. The molecule has 3 rings (SSSR count). The molecule has 0 aliphatic heterocycles. The third-order valence-electron chi connectivity index (χ3n) is 4.09. The standard InChI is InChI=1S/C20H21ClN2O/c1-13(2)23-20(24)11-17(14-6-5-7-15(21)10-14)18-12-22-19-9-4-3-8-16(18)19/h3-10,12-13,17,22H,11H2,1-2H3,(H,23,24). The number of rotatable bonds is 5. The third-order valence-corrected chi connectivity index (χ3v) is 4.32. The van der Waals surface area contributed by atoms with Crippen LogP contribution in [-0.4, -0.2) is 16.9 Å². The van der Waals surface area contributed by atoms with Crippen molar-refractivity contribution in [2.75, 3.05) is 0 Å². The molecule has 4 heteroatoms. The fourth-order valence-electron chi connectivity index (χ4n) is 3.08. The van der Waals surface area contributed by atoms with Crippen molar-refractivity contribution in [1.82, 2.24) is 10.3 Å². The third kappa shape index (κ3) is 3.62. The number of hydrogen-bond acceptors (Lipinski definition) is 1. The van der Waals surface area contributed by atoms with Crippen LogP contribution in [0.5, 0.6) is 0 Å². The zero-order valence-electron chi connectivity index (χ0n) is 13.8. The van der Waals surface area contributed by atoms with Crippen LogP contribution in [0.25, 0.3) is 10.9 Å². The highest BCUT2D eigenvalue weighted by Crippen LogP contribution is 2.34. The summed E-state index contributed by atoms with van der Waals surface area (Å²) in [6, 6.07) is 16.0. The van der Waals surface area contributed by atoms with Crippen LogP contribution in [0.2, 0.25) is 5.02 Å². The topological polar surface area (TPSA) is 44.9 Å². The Balaban J connectivity index is 2.03. The van der Waals surface area contributed by atoms with E-state index in [1.54, 1.807) is 0 Å². The minimum Gasteiger partial charge on any atom is -0.361 e. The van der Waals surface area contributed by atoms with Gasteiger partial charge in [0, 0.05) is 40.5 Å². The number of carbonyl (C=O) groups is 1. The number of fused-ring (bicyclic) bond motifs is 1.